The molecule has 0 radical (unpaired) electrons. The van der Waals surface area contributed by atoms with Crippen molar-refractivity contribution in [3.8, 4) is 0 Å². The number of nitrogens with one attached hydrogen (secondary N) is 2. The second kappa shape index (κ2) is 11.9. The Morgan fingerprint density at radius 1 is 1.03 bits per heavy atom. The van der Waals surface area contributed by atoms with E-state index in [0.29, 0.717) is 12.1 Å². The fourth-order valence-electron chi connectivity index (χ4n) is 3.39. The first-order chi connectivity index (χ1) is 16.7. The largest absolute Gasteiger partial charge is 0.453 e. The summed E-state index contributed by atoms with van der Waals surface area (Å²) in [6.07, 6.45) is -0.133. The standard InChI is InChI=1S/C23H26N4O6S2/c1-15-25-21(14-34-15)19(12-17-8-10-18(11-9-17)35(30,31)33-24)26-22(28)20(27-23(29)32-2)13-16-6-4-3-5-7-16/h3-11,14,19-20H,12-13,24H2,1-2H3,(H,26,28)(H,27,29)/t19-,20-/m0/s1. The van der Waals surface area contributed by atoms with E-state index in [4.69, 9.17) is 10.6 Å². The van der Waals surface area contributed by atoms with E-state index < -0.39 is 34.2 Å². The Balaban J connectivity index is 1.83. The third-order valence-electron chi connectivity index (χ3n) is 5.17. The molecule has 2 aromatic carbocycles. The molecule has 0 saturated carbocycles. The highest BCUT2D eigenvalue weighted by molar-refractivity contribution is 7.86. The molecule has 0 aliphatic carbocycles. The first kappa shape index (κ1) is 26.3. The molecule has 0 aliphatic heterocycles. The van der Waals surface area contributed by atoms with Crippen LogP contribution in [0.4, 0.5) is 4.79 Å². The second-order valence-corrected chi connectivity index (χ2v) is 10.3. The van der Waals surface area contributed by atoms with Crippen LogP contribution < -0.4 is 16.5 Å². The van der Waals surface area contributed by atoms with Gasteiger partial charge in [0, 0.05) is 11.8 Å². The lowest BCUT2D eigenvalue weighted by Crippen LogP contribution is -2.49. The number of hydrogen-bond donors (Lipinski definition) is 3. The average molecular weight is 519 g/mol. The van der Waals surface area contributed by atoms with Crippen LogP contribution in [0, 0.1) is 6.92 Å². The zero-order valence-electron chi connectivity index (χ0n) is 19.1. The van der Waals surface area contributed by atoms with E-state index >= 15 is 0 Å². The maximum absolute atomic E-state index is 13.3. The lowest BCUT2D eigenvalue weighted by Gasteiger charge is -2.23. The summed E-state index contributed by atoms with van der Waals surface area (Å²) in [7, 11) is -2.79. The van der Waals surface area contributed by atoms with Crippen molar-refractivity contribution in [2.45, 2.75) is 36.7 Å². The van der Waals surface area contributed by atoms with E-state index in [1.165, 1.54) is 30.6 Å². The van der Waals surface area contributed by atoms with Gasteiger partial charge in [-0.3, -0.25) is 4.79 Å². The Morgan fingerprint density at radius 2 is 1.69 bits per heavy atom. The second-order valence-electron chi connectivity index (χ2n) is 7.63. The molecule has 10 nitrogen and oxygen atoms in total. The molecule has 4 N–H and O–H groups in total. The number of amides is 2. The van der Waals surface area contributed by atoms with Crippen molar-refractivity contribution in [2.24, 2.45) is 5.90 Å². The Kier molecular flexibility index (Phi) is 8.93. The summed E-state index contributed by atoms with van der Waals surface area (Å²) in [5.41, 5.74) is 2.26. The van der Waals surface area contributed by atoms with E-state index in [-0.39, 0.29) is 11.3 Å². The van der Waals surface area contributed by atoms with Crippen LogP contribution in [0.2, 0.25) is 0 Å². The normalized spacial score (nSPS) is 13.0. The monoisotopic (exact) mass is 518 g/mol. The van der Waals surface area contributed by atoms with Crippen molar-refractivity contribution in [2.75, 3.05) is 7.11 Å². The van der Waals surface area contributed by atoms with Crippen LogP contribution in [0.1, 0.15) is 27.9 Å². The zero-order chi connectivity index (χ0) is 25.4. The lowest BCUT2D eigenvalue weighted by atomic mass is 10.0. The number of aryl methyl sites for hydroxylation is 1. The third-order valence-corrected chi connectivity index (χ3v) is 7.06. The number of carbonyl (C=O) groups excluding carboxylic acids is 2. The molecule has 12 heteroatoms. The van der Waals surface area contributed by atoms with Gasteiger partial charge in [0.2, 0.25) is 5.91 Å². The fourth-order valence-corrected chi connectivity index (χ4v) is 4.63. The maximum Gasteiger partial charge on any atom is 0.407 e. The van der Waals surface area contributed by atoms with Gasteiger partial charge >= 0.3 is 16.2 Å². The number of nitrogens with zero attached hydrogens (tertiary/aromatic N) is 1. The van der Waals surface area contributed by atoms with E-state index in [1.807, 2.05) is 42.6 Å². The van der Waals surface area contributed by atoms with Crippen LogP contribution in [0.5, 0.6) is 0 Å². The highest BCUT2D eigenvalue weighted by Gasteiger charge is 2.26. The molecule has 0 fully saturated rings. The summed E-state index contributed by atoms with van der Waals surface area (Å²) >= 11 is 1.44. The van der Waals surface area contributed by atoms with Crippen molar-refractivity contribution in [1.82, 2.24) is 15.6 Å². The summed E-state index contributed by atoms with van der Waals surface area (Å²) in [6, 6.07) is 13.8. The SMILES string of the molecule is COC(=O)N[C@@H](Cc1ccccc1)C(=O)N[C@@H](Cc1ccc(S(=O)(=O)ON)cc1)c1csc(C)n1. The molecule has 0 unspecified atom stereocenters. The third kappa shape index (κ3) is 7.33. The molecule has 186 valence electrons. The van der Waals surface area contributed by atoms with Gasteiger partial charge in [0.1, 0.15) is 6.04 Å². The van der Waals surface area contributed by atoms with E-state index in [2.05, 4.69) is 19.9 Å². The molecule has 0 aliphatic rings. The quantitative estimate of drug-likeness (QED) is 0.346. The Morgan fingerprint density at radius 3 is 2.26 bits per heavy atom. The molecular formula is C23H26N4O6S2. The van der Waals surface area contributed by atoms with Gasteiger partial charge in [-0.1, -0.05) is 42.5 Å². The molecule has 1 aromatic heterocycles. The summed E-state index contributed by atoms with van der Waals surface area (Å²) in [5.74, 6) is 4.43. The van der Waals surface area contributed by atoms with Gasteiger partial charge < -0.3 is 15.4 Å². The number of thiazole rings is 1. The molecular weight excluding hydrogens is 492 g/mol. The molecule has 2 atom stereocenters. The minimum atomic E-state index is -4.02. The highest BCUT2D eigenvalue weighted by atomic mass is 32.2. The summed E-state index contributed by atoms with van der Waals surface area (Å²) in [5, 5.41) is 8.24. The number of alkyl carbamates (subject to hydrolysis) is 1. The molecule has 1 heterocycles. The number of methoxy groups -OCH3 is 1. The maximum atomic E-state index is 13.3. The van der Waals surface area contributed by atoms with E-state index in [9.17, 15) is 18.0 Å². The molecule has 0 saturated heterocycles. The van der Waals surface area contributed by atoms with Gasteiger partial charge in [0.15, 0.2) is 0 Å². The molecule has 0 spiro atoms. The first-order valence-electron chi connectivity index (χ1n) is 10.5. The van der Waals surface area contributed by atoms with E-state index in [0.717, 1.165) is 16.1 Å². The Hall–Kier alpha value is -3.32. The topological polar surface area (TPSA) is 150 Å². The van der Waals surface area contributed by atoms with E-state index in [1.54, 1.807) is 12.1 Å². The number of benzene rings is 2. The van der Waals surface area contributed by atoms with Gasteiger partial charge in [-0.15, -0.1) is 11.3 Å². The van der Waals surface area contributed by atoms with Gasteiger partial charge in [-0.2, -0.15) is 18.6 Å². The average Bonchev–Trinajstić information content (AvgIpc) is 3.30. The molecule has 35 heavy (non-hydrogen) atoms. The first-order valence-corrected chi connectivity index (χ1v) is 12.8. The van der Waals surface area contributed by atoms with Gasteiger partial charge in [0.05, 0.1) is 28.7 Å². The van der Waals surface area contributed by atoms with Crippen LogP contribution in [0.3, 0.4) is 0 Å². The van der Waals surface area contributed by atoms with Crippen molar-refractivity contribution in [1.29, 1.82) is 0 Å². The smallest absolute Gasteiger partial charge is 0.407 e. The van der Waals surface area contributed by atoms with Crippen LogP contribution in [0.15, 0.2) is 64.9 Å². The molecule has 2 amide bonds. The minimum Gasteiger partial charge on any atom is -0.453 e. The Bertz CT molecular complexity index is 1250. The molecule has 3 rings (SSSR count). The predicted molar refractivity (Wildman–Crippen MR) is 130 cm³/mol. The number of nitrogens with two attached hydrogens (primary N) is 1. The highest BCUT2D eigenvalue weighted by Crippen LogP contribution is 2.22. The number of aromatic nitrogens is 1. The fraction of sp³-hybridized carbons (Fsp3) is 0.261. The number of rotatable bonds is 10. The summed E-state index contributed by atoms with van der Waals surface area (Å²) in [6.45, 7) is 1.86. The van der Waals surface area contributed by atoms with Crippen molar-refractivity contribution < 1.29 is 27.0 Å². The lowest BCUT2D eigenvalue weighted by molar-refractivity contribution is -0.123. The minimum absolute atomic E-state index is 0.0842. The van der Waals surface area contributed by atoms with Crippen LogP contribution in [0.25, 0.3) is 0 Å². The van der Waals surface area contributed by atoms with Gasteiger partial charge in [-0.25, -0.2) is 9.78 Å². The number of hydrogen-bond acceptors (Lipinski definition) is 9. The van der Waals surface area contributed by atoms with Crippen LogP contribution in [-0.2, 0) is 36.8 Å². The van der Waals surface area contributed by atoms with Crippen LogP contribution in [-0.4, -0.2) is 38.6 Å². The zero-order valence-corrected chi connectivity index (χ0v) is 20.8. The van der Waals surface area contributed by atoms with Crippen LogP contribution >= 0.6 is 11.3 Å². The van der Waals surface area contributed by atoms with Crippen molar-refractivity contribution in [3.63, 3.8) is 0 Å². The summed E-state index contributed by atoms with van der Waals surface area (Å²) in [4.78, 5) is 29.6. The van der Waals surface area contributed by atoms with Crippen molar-refractivity contribution in [3.05, 3.63) is 81.8 Å². The predicted octanol–water partition coefficient (Wildman–Crippen LogP) is 2.40. The van der Waals surface area contributed by atoms with Gasteiger partial charge in [0.25, 0.3) is 0 Å². The molecule has 0 bridgehead atoms. The molecule has 3 aromatic rings. The van der Waals surface area contributed by atoms with Crippen molar-refractivity contribution >= 4 is 33.5 Å². The number of carbonyl (C=O) groups is 2. The number of ether oxygens (including phenoxy) is 1. The van der Waals surface area contributed by atoms with Gasteiger partial charge in [-0.05, 0) is 36.6 Å². The summed E-state index contributed by atoms with van der Waals surface area (Å²) < 4.78 is 32.3. The Labute approximate surface area is 207 Å².